The molecule has 0 spiro atoms. The lowest BCUT2D eigenvalue weighted by atomic mass is 10.0. The van der Waals surface area contributed by atoms with E-state index in [9.17, 15) is 0 Å². The Morgan fingerprint density at radius 1 is 1.29 bits per heavy atom. The zero-order valence-electron chi connectivity index (χ0n) is 10.4. The third kappa shape index (κ3) is 2.74. The smallest absolute Gasteiger partial charge is 0.125 e. The number of hydrogen-bond donors (Lipinski definition) is 1. The van der Waals surface area contributed by atoms with Gasteiger partial charge in [-0.15, -0.1) is 0 Å². The molecule has 2 aromatic rings. The highest BCUT2D eigenvalue weighted by Gasteiger charge is 2.12. The van der Waals surface area contributed by atoms with E-state index in [-0.39, 0.29) is 6.04 Å². The van der Waals surface area contributed by atoms with E-state index in [1.54, 1.807) is 0 Å². The molecule has 17 heavy (non-hydrogen) atoms. The van der Waals surface area contributed by atoms with Gasteiger partial charge in [0.2, 0.25) is 0 Å². The van der Waals surface area contributed by atoms with Crippen molar-refractivity contribution >= 4 is 0 Å². The highest BCUT2D eigenvalue weighted by Crippen LogP contribution is 2.15. The molecular weight excluding hydrogens is 210 g/mol. The molecule has 1 unspecified atom stereocenters. The molecule has 0 radical (unpaired) electrons. The first-order valence-corrected chi connectivity index (χ1v) is 6.03. The molecule has 0 aliphatic rings. The van der Waals surface area contributed by atoms with Crippen molar-refractivity contribution in [2.75, 3.05) is 0 Å². The molecule has 1 heterocycles. The molecule has 0 aliphatic heterocycles. The molecule has 2 N–H and O–H groups in total. The van der Waals surface area contributed by atoms with Gasteiger partial charge in [0.05, 0.1) is 6.04 Å². The van der Waals surface area contributed by atoms with Gasteiger partial charge in [-0.05, 0) is 25.8 Å². The molecule has 0 aliphatic carbocycles. The Bertz CT molecular complexity index is 470. The van der Waals surface area contributed by atoms with Gasteiger partial charge in [-0.2, -0.15) is 0 Å². The average molecular weight is 229 g/mol. The normalized spacial score (nSPS) is 12.6. The molecule has 0 bridgehead atoms. The van der Waals surface area contributed by atoms with Crippen LogP contribution in [0.3, 0.4) is 0 Å². The molecule has 90 valence electrons. The number of aromatic nitrogens is 2. The maximum absolute atomic E-state index is 6.20. The van der Waals surface area contributed by atoms with Crippen LogP contribution in [0.25, 0.3) is 0 Å². The first kappa shape index (κ1) is 11.9. The summed E-state index contributed by atoms with van der Waals surface area (Å²) in [6.07, 6.45) is 4.62. The number of rotatable bonds is 4. The number of nitrogens with two attached hydrogens (primary N) is 1. The first-order valence-electron chi connectivity index (χ1n) is 6.03. The number of nitrogens with zero attached hydrogens (tertiary/aromatic N) is 2. The molecule has 1 atom stereocenters. The molecule has 2 rings (SSSR count). The standard InChI is InChI=1S/C14H19N3/c1-3-17-9-8-16-14(17)13(15)10-12-6-4-11(2)5-7-12/h4-9,13H,3,10,15H2,1-2H3. The van der Waals surface area contributed by atoms with Gasteiger partial charge in [0.1, 0.15) is 5.82 Å². The summed E-state index contributed by atoms with van der Waals surface area (Å²) in [7, 11) is 0. The molecule has 1 aromatic heterocycles. The molecule has 3 nitrogen and oxygen atoms in total. The fraction of sp³-hybridized carbons (Fsp3) is 0.357. The van der Waals surface area contributed by atoms with E-state index >= 15 is 0 Å². The Morgan fingerprint density at radius 2 is 2.00 bits per heavy atom. The van der Waals surface area contributed by atoms with Crippen molar-refractivity contribution in [2.45, 2.75) is 32.9 Å². The largest absolute Gasteiger partial charge is 0.334 e. The number of benzene rings is 1. The zero-order valence-corrected chi connectivity index (χ0v) is 10.4. The SMILES string of the molecule is CCn1ccnc1C(N)Cc1ccc(C)cc1. The summed E-state index contributed by atoms with van der Waals surface area (Å²) in [4.78, 5) is 4.34. The molecule has 3 heteroatoms. The molecule has 0 saturated heterocycles. The second-order valence-electron chi connectivity index (χ2n) is 4.37. The Labute approximate surface area is 102 Å². The summed E-state index contributed by atoms with van der Waals surface area (Å²) in [6, 6.07) is 8.47. The molecular formula is C14H19N3. The third-order valence-corrected chi connectivity index (χ3v) is 3.00. The van der Waals surface area contributed by atoms with E-state index in [0.717, 1.165) is 18.8 Å². The van der Waals surface area contributed by atoms with Crippen LogP contribution < -0.4 is 5.73 Å². The first-order chi connectivity index (χ1) is 8.20. The predicted molar refractivity (Wildman–Crippen MR) is 69.7 cm³/mol. The summed E-state index contributed by atoms with van der Waals surface area (Å²) in [6.45, 7) is 5.11. The van der Waals surface area contributed by atoms with Crippen molar-refractivity contribution in [3.05, 3.63) is 53.6 Å². The minimum atomic E-state index is -0.0346. The zero-order chi connectivity index (χ0) is 12.3. The molecule has 1 aromatic carbocycles. The highest BCUT2D eigenvalue weighted by atomic mass is 15.1. The van der Waals surface area contributed by atoms with E-state index in [4.69, 9.17) is 5.73 Å². The van der Waals surface area contributed by atoms with Crippen molar-refractivity contribution < 1.29 is 0 Å². The van der Waals surface area contributed by atoms with Crippen LogP contribution in [-0.2, 0) is 13.0 Å². The molecule has 0 amide bonds. The molecule has 0 fully saturated rings. The molecule has 0 saturated carbocycles. The van der Waals surface area contributed by atoms with E-state index in [0.29, 0.717) is 0 Å². The summed E-state index contributed by atoms with van der Waals surface area (Å²) in [5.41, 5.74) is 8.74. The van der Waals surface area contributed by atoms with Gasteiger partial charge < -0.3 is 10.3 Å². The fourth-order valence-electron chi connectivity index (χ4n) is 1.99. The fourth-order valence-corrected chi connectivity index (χ4v) is 1.99. The van der Waals surface area contributed by atoms with Gasteiger partial charge in [-0.3, -0.25) is 0 Å². The van der Waals surface area contributed by atoms with Gasteiger partial charge >= 0.3 is 0 Å². The quantitative estimate of drug-likeness (QED) is 0.875. The van der Waals surface area contributed by atoms with Crippen molar-refractivity contribution in [3.63, 3.8) is 0 Å². The van der Waals surface area contributed by atoms with Crippen LogP contribution in [0.4, 0.5) is 0 Å². The monoisotopic (exact) mass is 229 g/mol. The summed E-state index contributed by atoms with van der Waals surface area (Å²) >= 11 is 0. The minimum absolute atomic E-state index is 0.0346. The number of imidazole rings is 1. The van der Waals surface area contributed by atoms with Gasteiger partial charge in [-0.1, -0.05) is 29.8 Å². The van der Waals surface area contributed by atoms with Crippen LogP contribution in [0.1, 0.15) is 29.9 Å². The Kier molecular flexibility index (Phi) is 3.59. The maximum atomic E-state index is 6.20. The van der Waals surface area contributed by atoms with Crippen molar-refractivity contribution in [1.82, 2.24) is 9.55 Å². The Morgan fingerprint density at radius 3 is 2.65 bits per heavy atom. The third-order valence-electron chi connectivity index (χ3n) is 3.00. The van der Waals surface area contributed by atoms with Gasteiger partial charge in [0.15, 0.2) is 0 Å². The van der Waals surface area contributed by atoms with Gasteiger partial charge in [-0.25, -0.2) is 4.98 Å². The lowest BCUT2D eigenvalue weighted by Crippen LogP contribution is -2.18. The predicted octanol–water partition coefficient (Wildman–Crippen LogP) is 2.45. The van der Waals surface area contributed by atoms with Crippen LogP contribution in [0.2, 0.25) is 0 Å². The topological polar surface area (TPSA) is 43.8 Å². The maximum Gasteiger partial charge on any atom is 0.125 e. The van der Waals surface area contributed by atoms with Crippen LogP contribution >= 0.6 is 0 Å². The summed E-state index contributed by atoms with van der Waals surface area (Å²) < 4.78 is 2.10. The van der Waals surface area contributed by atoms with Gasteiger partial charge in [0, 0.05) is 18.9 Å². The van der Waals surface area contributed by atoms with E-state index in [1.807, 2.05) is 12.4 Å². The number of aryl methyl sites for hydroxylation is 2. The average Bonchev–Trinajstić information content (AvgIpc) is 2.80. The van der Waals surface area contributed by atoms with Crippen molar-refractivity contribution in [3.8, 4) is 0 Å². The summed E-state index contributed by atoms with van der Waals surface area (Å²) in [5, 5.41) is 0. The second-order valence-corrected chi connectivity index (χ2v) is 4.37. The van der Waals surface area contributed by atoms with Crippen LogP contribution in [-0.4, -0.2) is 9.55 Å². The van der Waals surface area contributed by atoms with E-state index in [1.165, 1.54) is 11.1 Å². The lowest BCUT2D eigenvalue weighted by Gasteiger charge is -2.13. The summed E-state index contributed by atoms with van der Waals surface area (Å²) in [5.74, 6) is 0.966. The van der Waals surface area contributed by atoms with E-state index in [2.05, 4.69) is 47.7 Å². The lowest BCUT2D eigenvalue weighted by molar-refractivity contribution is 0.600. The van der Waals surface area contributed by atoms with Gasteiger partial charge in [0.25, 0.3) is 0 Å². The number of hydrogen-bond acceptors (Lipinski definition) is 2. The van der Waals surface area contributed by atoms with Crippen LogP contribution in [0.15, 0.2) is 36.7 Å². The van der Waals surface area contributed by atoms with Crippen molar-refractivity contribution in [2.24, 2.45) is 5.73 Å². The second kappa shape index (κ2) is 5.15. The van der Waals surface area contributed by atoms with Crippen molar-refractivity contribution in [1.29, 1.82) is 0 Å². The Hall–Kier alpha value is -1.61. The van der Waals surface area contributed by atoms with Crippen LogP contribution in [0.5, 0.6) is 0 Å². The highest BCUT2D eigenvalue weighted by molar-refractivity contribution is 5.22. The van der Waals surface area contributed by atoms with Crippen LogP contribution in [0, 0.1) is 6.92 Å². The Balaban J connectivity index is 2.11. The van der Waals surface area contributed by atoms with E-state index < -0.39 is 0 Å². The minimum Gasteiger partial charge on any atom is -0.334 e.